The lowest BCUT2D eigenvalue weighted by Gasteiger charge is -2.26. The summed E-state index contributed by atoms with van der Waals surface area (Å²) in [7, 11) is 0. The Bertz CT molecular complexity index is 901. The van der Waals surface area contributed by atoms with Gasteiger partial charge in [-0.1, -0.05) is 37.8 Å². The standard InChI is InChI=1S/C26H38N4O2/c31-25-15-13-19-21(9-7-11-23(19)29-25)27-17-5-3-1-2-4-6-18-28-22-10-8-12-24-20(22)14-16-26(32)30-24/h13-16,21-22,27-28H,1-12,17-18H2,(H,29,31)(H,30,32)/t21-,22-/m0/s1. The predicted molar refractivity (Wildman–Crippen MR) is 129 cm³/mol. The fourth-order valence-electron chi connectivity index (χ4n) is 5.33. The summed E-state index contributed by atoms with van der Waals surface area (Å²) in [5.41, 5.74) is 4.85. The minimum absolute atomic E-state index is 0.0134. The van der Waals surface area contributed by atoms with Crippen LogP contribution in [0.5, 0.6) is 0 Å². The molecule has 0 fully saturated rings. The van der Waals surface area contributed by atoms with Crippen LogP contribution in [0.1, 0.15) is 98.8 Å². The predicted octanol–water partition coefficient (Wildman–Crippen LogP) is 4.04. The number of pyridine rings is 2. The summed E-state index contributed by atoms with van der Waals surface area (Å²) in [6, 6.07) is 8.10. The van der Waals surface area contributed by atoms with E-state index in [0.717, 1.165) is 63.0 Å². The van der Waals surface area contributed by atoms with E-state index in [0.29, 0.717) is 12.1 Å². The van der Waals surface area contributed by atoms with Crippen LogP contribution in [0.3, 0.4) is 0 Å². The fraction of sp³-hybridized carbons (Fsp3) is 0.615. The van der Waals surface area contributed by atoms with Crippen LogP contribution < -0.4 is 21.8 Å². The van der Waals surface area contributed by atoms with Crippen molar-refractivity contribution in [3.8, 4) is 0 Å². The van der Waals surface area contributed by atoms with Gasteiger partial charge in [-0.25, -0.2) is 0 Å². The third-order valence-corrected chi connectivity index (χ3v) is 7.05. The molecule has 2 heterocycles. The molecule has 174 valence electrons. The second kappa shape index (κ2) is 11.6. The Morgan fingerprint density at radius 1 is 0.656 bits per heavy atom. The van der Waals surface area contributed by atoms with Gasteiger partial charge in [-0.3, -0.25) is 9.59 Å². The van der Waals surface area contributed by atoms with Gasteiger partial charge in [0.15, 0.2) is 0 Å². The Morgan fingerprint density at radius 2 is 1.09 bits per heavy atom. The molecule has 4 N–H and O–H groups in total. The van der Waals surface area contributed by atoms with Gasteiger partial charge in [0.1, 0.15) is 0 Å². The molecule has 2 atom stereocenters. The normalized spacial score (nSPS) is 20.0. The molecule has 4 rings (SSSR count). The number of aromatic amines is 2. The average Bonchev–Trinajstić information content (AvgIpc) is 2.80. The van der Waals surface area contributed by atoms with E-state index in [2.05, 4.69) is 20.6 Å². The molecule has 0 unspecified atom stereocenters. The molecular weight excluding hydrogens is 400 g/mol. The third-order valence-electron chi connectivity index (χ3n) is 7.05. The summed E-state index contributed by atoms with van der Waals surface area (Å²) in [5, 5.41) is 7.40. The monoisotopic (exact) mass is 438 g/mol. The molecule has 0 aromatic carbocycles. The van der Waals surface area contributed by atoms with Crippen molar-refractivity contribution in [2.75, 3.05) is 13.1 Å². The van der Waals surface area contributed by atoms with Crippen molar-refractivity contribution in [3.05, 3.63) is 67.5 Å². The van der Waals surface area contributed by atoms with E-state index < -0.39 is 0 Å². The number of nitrogens with one attached hydrogen (secondary N) is 4. The van der Waals surface area contributed by atoms with Gasteiger partial charge in [0.05, 0.1) is 0 Å². The lowest BCUT2D eigenvalue weighted by Crippen LogP contribution is -2.28. The topological polar surface area (TPSA) is 89.8 Å². The maximum absolute atomic E-state index is 11.5. The lowest BCUT2D eigenvalue weighted by molar-refractivity contribution is 0.436. The van der Waals surface area contributed by atoms with E-state index in [1.54, 1.807) is 12.1 Å². The van der Waals surface area contributed by atoms with Crippen LogP contribution in [0.25, 0.3) is 0 Å². The molecule has 6 nitrogen and oxygen atoms in total. The van der Waals surface area contributed by atoms with Crippen LogP contribution in [0.2, 0.25) is 0 Å². The largest absolute Gasteiger partial charge is 0.326 e. The number of hydrogen-bond donors (Lipinski definition) is 4. The molecule has 2 aromatic rings. The van der Waals surface area contributed by atoms with Gasteiger partial charge in [-0.15, -0.1) is 0 Å². The summed E-state index contributed by atoms with van der Waals surface area (Å²) >= 11 is 0. The van der Waals surface area contributed by atoms with Crippen LogP contribution in [0.4, 0.5) is 0 Å². The molecule has 0 saturated heterocycles. The highest BCUT2D eigenvalue weighted by Crippen LogP contribution is 2.28. The summed E-state index contributed by atoms with van der Waals surface area (Å²) < 4.78 is 0. The minimum Gasteiger partial charge on any atom is -0.326 e. The van der Waals surface area contributed by atoms with Crippen molar-refractivity contribution in [2.45, 2.75) is 89.1 Å². The Hall–Kier alpha value is -2.18. The van der Waals surface area contributed by atoms with Crippen molar-refractivity contribution in [2.24, 2.45) is 0 Å². The Labute approximate surface area is 190 Å². The zero-order chi connectivity index (χ0) is 22.2. The molecular formula is C26H38N4O2. The van der Waals surface area contributed by atoms with Gasteiger partial charge in [0, 0.05) is 35.6 Å². The van der Waals surface area contributed by atoms with Crippen LogP contribution in [0.15, 0.2) is 33.9 Å². The second-order valence-corrected chi connectivity index (χ2v) is 9.43. The number of H-pyrrole nitrogens is 2. The second-order valence-electron chi connectivity index (χ2n) is 9.43. The maximum Gasteiger partial charge on any atom is 0.248 e. The van der Waals surface area contributed by atoms with E-state index in [4.69, 9.17) is 0 Å². The highest BCUT2D eigenvalue weighted by Gasteiger charge is 2.21. The Morgan fingerprint density at radius 3 is 1.56 bits per heavy atom. The number of rotatable bonds is 11. The van der Waals surface area contributed by atoms with Gasteiger partial charge < -0.3 is 20.6 Å². The SMILES string of the molecule is O=c1ccc2c([nH]1)CCC[C@@H]2NCCCCCCCCN[C@H]1CCCc2[nH]c(=O)ccc21. The summed E-state index contributed by atoms with van der Waals surface area (Å²) in [5.74, 6) is 0. The Kier molecular flexibility index (Phi) is 8.35. The zero-order valence-corrected chi connectivity index (χ0v) is 19.2. The molecule has 2 aliphatic carbocycles. The zero-order valence-electron chi connectivity index (χ0n) is 19.2. The van der Waals surface area contributed by atoms with Crippen molar-refractivity contribution in [1.82, 2.24) is 20.6 Å². The third kappa shape index (κ3) is 6.20. The molecule has 0 bridgehead atoms. The highest BCUT2D eigenvalue weighted by molar-refractivity contribution is 5.27. The molecule has 0 spiro atoms. The van der Waals surface area contributed by atoms with E-state index in [1.807, 2.05) is 12.1 Å². The van der Waals surface area contributed by atoms with E-state index in [1.165, 1.54) is 49.7 Å². The van der Waals surface area contributed by atoms with E-state index >= 15 is 0 Å². The molecule has 6 heteroatoms. The number of fused-ring (bicyclic) bond motifs is 2. The molecule has 0 saturated carbocycles. The van der Waals surface area contributed by atoms with Crippen molar-refractivity contribution < 1.29 is 0 Å². The van der Waals surface area contributed by atoms with Crippen LogP contribution in [0, 0.1) is 0 Å². The molecule has 2 aromatic heterocycles. The van der Waals surface area contributed by atoms with Crippen molar-refractivity contribution in [1.29, 1.82) is 0 Å². The highest BCUT2D eigenvalue weighted by atomic mass is 16.1. The first kappa shape index (κ1) is 23.0. The van der Waals surface area contributed by atoms with E-state index in [-0.39, 0.29) is 11.1 Å². The number of aryl methyl sites for hydroxylation is 2. The quantitative estimate of drug-likeness (QED) is 0.399. The summed E-state index contributed by atoms with van der Waals surface area (Å²) in [4.78, 5) is 29.1. The maximum atomic E-state index is 11.5. The number of aromatic nitrogens is 2. The Balaban J connectivity index is 1.05. The van der Waals surface area contributed by atoms with Gasteiger partial charge >= 0.3 is 0 Å². The smallest absolute Gasteiger partial charge is 0.248 e. The molecule has 2 aliphatic rings. The fourth-order valence-corrected chi connectivity index (χ4v) is 5.33. The van der Waals surface area contributed by atoms with Gasteiger partial charge in [0.25, 0.3) is 0 Å². The molecule has 0 aliphatic heterocycles. The average molecular weight is 439 g/mol. The van der Waals surface area contributed by atoms with Crippen molar-refractivity contribution >= 4 is 0 Å². The molecule has 0 amide bonds. The van der Waals surface area contributed by atoms with Crippen LogP contribution in [-0.2, 0) is 12.8 Å². The summed E-state index contributed by atoms with van der Waals surface area (Å²) in [6.45, 7) is 2.10. The number of hydrogen-bond acceptors (Lipinski definition) is 4. The first-order chi connectivity index (χ1) is 15.7. The first-order valence-corrected chi connectivity index (χ1v) is 12.6. The van der Waals surface area contributed by atoms with Gasteiger partial charge in [-0.2, -0.15) is 0 Å². The minimum atomic E-state index is 0.0134. The van der Waals surface area contributed by atoms with Gasteiger partial charge in [-0.05, 0) is 75.6 Å². The molecule has 32 heavy (non-hydrogen) atoms. The van der Waals surface area contributed by atoms with Crippen LogP contribution in [-0.4, -0.2) is 23.1 Å². The van der Waals surface area contributed by atoms with Gasteiger partial charge in [0.2, 0.25) is 11.1 Å². The lowest BCUT2D eigenvalue weighted by atomic mass is 9.91. The van der Waals surface area contributed by atoms with Crippen molar-refractivity contribution in [3.63, 3.8) is 0 Å². The molecule has 0 radical (unpaired) electrons. The summed E-state index contributed by atoms with van der Waals surface area (Å²) in [6.07, 6.45) is 14.1. The van der Waals surface area contributed by atoms with E-state index in [9.17, 15) is 9.59 Å². The number of unbranched alkanes of at least 4 members (excludes halogenated alkanes) is 5. The van der Waals surface area contributed by atoms with Crippen LogP contribution >= 0.6 is 0 Å². The first-order valence-electron chi connectivity index (χ1n) is 12.6.